The molecule has 0 aromatic heterocycles. The Labute approximate surface area is 169 Å². The quantitative estimate of drug-likeness (QED) is 0.562. The molecule has 1 aliphatic heterocycles. The van der Waals surface area contributed by atoms with Gasteiger partial charge in [0.2, 0.25) is 10.0 Å². The van der Waals surface area contributed by atoms with Crippen molar-refractivity contribution in [1.29, 1.82) is 0 Å². The zero-order valence-corrected chi connectivity index (χ0v) is 18.0. The predicted molar refractivity (Wildman–Crippen MR) is 114 cm³/mol. The molecule has 156 valence electrons. The van der Waals surface area contributed by atoms with E-state index in [2.05, 4.69) is 24.5 Å². The van der Waals surface area contributed by atoms with Gasteiger partial charge in [-0.15, -0.1) is 0 Å². The first-order valence-corrected chi connectivity index (χ1v) is 12.1. The van der Waals surface area contributed by atoms with Crippen LogP contribution in [0.3, 0.4) is 0 Å². The molecule has 0 spiro atoms. The van der Waals surface area contributed by atoms with Gasteiger partial charge >= 0.3 is 0 Å². The van der Waals surface area contributed by atoms with Gasteiger partial charge in [-0.05, 0) is 69.1 Å². The van der Waals surface area contributed by atoms with Crippen LogP contribution in [0.25, 0.3) is 0 Å². The molecule has 0 amide bonds. The maximum Gasteiger partial charge on any atom is 0.243 e. The van der Waals surface area contributed by atoms with E-state index in [0.29, 0.717) is 30.6 Å². The van der Waals surface area contributed by atoms with Crippen molar-refractivity contribution in [3.8, 4) is 0 Å². The lowest BCUT2D eigenvalue weighted by Gasteiger charge is -2.28. The number of aliphatic imine (C=N–C) groups is 1. The van der Waals surface area contributed by atoms with Crippen molar-refractivity contribution >= 4 is 16.0 Å². The topological polar surface area (TPSA) is 73.8 Å². The summed E-state index contributed by atoms with van der Waals surface area (Å²) in [6.07, 6.45) is 6.82. The molecule has 0 bridgehead atoms. The van der Waals surface area contributed by atoms with Gasteiger partial charge in [-0.3, -0.25) is 0 Å². The third kappa shape index (κ3) is 5.47. The first-order valence-electron chi connectivity index (χ1n) is 10.6. The molecule has 6 nitrogen and oxygen atoms in total. The number of nitrogens with one attached hydrogen (secondary N) is 2. The Morgan fingerprint density at radius 2 is 1.75 bits per heavy atom. The summed E-state index contributed by atoms with van der Waals surface area (Å²) >= 11 is 0. The van der Waals surface area contributed by atoms with Crippen molar-refractivity contribution in [3.05, 3.63) is 29.8 Å². The number of guanidine groups is 1. The highest BCUT2D eigenvalue weighted by Gasteiger charge is 2.26. The van der Waals surface area contributed by atoms with Crippen LogP contribution in [-0.2, 0) is 16.6 Å². The van der Waals surface area contributed by atoms with Gasteiger partial charge < -0.3 is 10.6 Å². The second-order valence-corrected chi connectivity index (χ2v) is 9.99. The Hall–Kier alpha value is -1.60. The van der Waals surface area contributed by atoms with Gasteiger partial charge in [-0.1, -0.05) is 19.1 Å². The van der Waals surface area contributed by atoms with Crippen LogP contribution in [-0.4, -0.2) is 44.4 Å². The van der Waals surface area contributed by atoms with Crippen LogP contribution < -0.4 is 10.6 Å². The molecule has 1 saturated heterocycles. The van der Waals surface area contributed by atoms with Crippen LogP contribution in [0.4, 0.5) is 0 Å². The van der Waals surface area contributed by atoms with Gasteiger partial charge in [0.25, 0.3) is 0 Å². The molecular weight excluding hydrogens is 372 g/mol. The molecule has 0 radical (unpaired) electrons. The van der Waals surface area contributed by atoms with Crippen LogP contribution in [0.2, 0.25) is 0 Å². The number of rotatable bonds is 6. The molecule has 0 atom stereocenters. The SMILES string of the molecule is CCNC(=NCc1ccc(S(=O)(=O)N2CCCC2)cc1)NC1CCC(C)CC1. The molecule has 1 saturated carbocycles. The summed E-state index contributed by atoms with van der Waals surface area (Å²) in [5, 5.41) is 6.88. The summed E-state index contributed by atoms with van der Waals surface area (Å²) in [4.78, 5) is 5.08. The Morgan fingerprint density at radius 3 is 2.36 bits per heavy atom. The van der Waals surface area contributed by atoms with Crippen LogP contribution in [0, 0.1) is 5.92 Å². The van der Waals surface area contributed by atoms with E-state index in [0.717, 1.165) is 36.8 Å². The summed E-state index contributed by atoms with van der Waals surface area (Å²) in [7, 11) is -3.35. The van der Waals surface area contributed by atoms with E-state index in [4.69, 9.17) is 4.99 Å². The van der Waals surface area contributed by atoms with Gasteiger partial charge in [0, 0.05) is 25.7 Å². The number of hydrogen-bond acceptors (Lipinski definition) is 3. The summed E-state index contributed by atoms with van der Waals surface area (Å²) in [6, 6.07) is 7.65. The number of sulfonamides is 1. The molecule has 1 aromatic rings. The van der Waals surface area contributed by atoms with Crippen molar-refractivity contribution in [3.63, 3.8) is 0 Å². The van der Waals surface area contributed by atoms with Gasteiger partial charge in [-0.25, -0.2) is 13.4 Å². The number of nitrogens with zero attached hydrogens (tertiary/aromatic N) is 2. The molecule has 7 heteroatoms. The lowest BCUT2D eigenvalue weighted by molar-refractivity contribution is 0.329. The summed E-state index contributed by atoms with van der Waals surface area (Å²) < 4.78 is 26.8. The Morgan fingerprint density at radius 1 is 1.11 bits per heavy atom. The van der Waals surface area contributed by atoms with Crippen molar-refractivity contribution < 1.29 is 8.42 Å². The van der Waals surface area contributed by atoms with Crippen molar-refractivity contribution in [2.45, 2.75) is 69.9 Å². The van der Waals surface area contributed by atoms with E-state index in [9.17, 15) is 8.42 Å². The van der Waals surface area contributed by atoms with Crippen LogP contribution >= 0.6 is 0 Å². The molecular formula is C21H34N4O2S. The third-order valence-electron chi connectivity index (χ3n) is 5.75. The van der Waals surface area contributed by atoms with E-state index in [-0.39, 0.29) is 0 Å². The third-order valence-corrected chi connectivity index (χ3v) is 7.66. The van der Waals surface area contributed by atoms with E-state index in [1.165, 1.54) is 25.7 Å². The fourth-order valence-corrected chi connectivity index (χ4v) is 5.45. The molecule has 0 unspecified atom stereocenters. The zero-order chi connectivity index (χ0) is 20.0. The Balaban J connectivity index is 1.61. The minimum absolute atomic E-state index is 0.378. The summed E-state index contributed by atoms with van der Waals surface area (Å²) in [6.45, 7) is 7.00. The van der Waals surface area contributed by atoms with Gasteiger partial charge in [-0.2, -0.15) is 4.31 Å². The van der Waals surface area contributed by atoms with Gasteiger partial charge in [0.1, 0.15) is 0 Å². The molecule has 28 heavy (non-hydrogen) atoms. The molecule has 1 heterocycles. The highest BCUT2D eigenvalue weighted by atomic mass is 32.2. The maximum atomic E-state index is 12.6. The molecule has 1 aliphatic carbocycles. The molecule has 1 aromatic carbocycles. The average Bonchev–Trinajstić information content (AvgIpc) is 3.24. The fraction of sp³-hybridized carbons (Fsp3) is 0.667. The molecule has 3 rings (SSSR count). The number of benzene rings is 1. The maximum absolute atomic E-state index is 12.6. The Kier molecular flexibility index (Phi) is 7.35. The standard InChI is InChI=1S/C21H34N4O2S/c1-3-22-21(24-19-10-6-17(2)7-11-19)23-16-18-8-12-20(13-9-18)28(26,27)25-14-4-5-15-25/h8-9,12-13,17,19H,3-7,10-11,14-16H2,1-2H3,(H2,22,23,24). The first kappa shape index (κ1) is 21.1. The largest absolute Gasteiger partial charge is 0.357 e. The molecule has 2 fully saturated rings. The van der Waals surface area contributed by atoms with Gasteiger partial charge in [0.15, 0.2) is 5.96 Å². The first-order chi connectivity index (χ1) is 13.5. The van der Waals surface area contributed by atoms with E-state index >= 15 is 0 Å². The highest BCUT2D eigenvalue weighted by molar-refractivity contribution is 7.89. The van der Waals surface area contributed by atoms with Crippen molar-refractivity contribution in [1.82, 2.24) is 14.9 Å². The van der Waals surface area contributed by atoms with Crippen molar-refractivity contribution in [2.75, 3.05) is 19.6 Å². The minimum atomic E-state index is -3.35. The second kappa shape index (κ2) is 9.74. The van der Waals surface area contributed by atoms with Gasteiger partial charge in [0.05, 0.1) is 11.4 Å². The monoisotopic (exact) mass is 406 g/mol. The van der Waals surface area contributed by atoms with Crippen LogP contribution in [0.1, 0.15) is 57.9 Å². The van der Waals surface area contributed by atoms with Crippen molar-refractivity contribution in [2.24, 2.45) is 10.9 Å². The molecule has 2 aliphatic rings. The summed E-state index contributed by atoms with van der Waals surface area (Å²) in [5.41, 5.74) is 1.01. The van der Waals surface area contributed by atoms with Crippen LogP contribution in [0.15, 0.2) is 34.2 Å². The highest BCUT2D eigenvalue weighted by Crippen LogP contribution is 2.23. The lowest BCUT2D eigenvalue weighted by Crippen LogP contribution is -2.44. The normalized spacial score (nSPS) is 24.3. The zero-order valence-electron chi connectivity index (χ0n) is 17.2. The average molecular weight is 407 g/mol. The minimum Gasteiger partial charge on any atom is -0.357 e. The number of hydrogen-bond donors (Lipinski definition) is 2. The smallest absolute Gasteiger partial charge is 0.243 e. The van der Waals surface area contributed by atoms with E-state index in [1.54, 1.807) is 16.4 Å². The van der Waals surface area contributed by atoms with E-state index < -0.39 is 10.0 Å². The molecule has 2 N–H and O–H groups in total. The fourth-order valence-electron chi connectivity index (χ4n) is 3.93. The Bertz CT molecular complexity index is 747. The van der Waals surface area contributed by atoms with E-state index in [1.807, 2.05) is 12.1 Å². The second-order valence-electron chi connectivity index (χ2n) is 8.05. The predicted octanol–water partition coefficient (Wildman–Crippen LogP) is 3.10. The summed E-state index contributed by atoms with van der Waals surface area (Å²) in [5.74, 6) is 1.67. The lowest BCUT2D eigenvalue weighted by atomic mass is 9.87. The van der Waals surface area contributed by atoms with Crippen LogP contribution in [0.5, 0.6) is 0 Å².